The van der Waals surface area contributed by atoms with Gasteiger partial charge in [-0.05, 0) is 30.7 Å². The third-order valence-corrected chi connectivity index (χ3v) is 3.84. The van der Waals surface area contributed by atoms with Crippen LogP contribution in [0.5, 0.6) is 0 Å². The van der Waals surface area contributed by atoms with Gasteiger partial charge in [0.2, 0.25) is 5.91 Å². The van der Waals surface area contributed by atoms with Gasteiger partial charge in [0.05, 0.1) is 11.2 Å². The molecule has 1 aromatic heterocycles. The highest BCUT2D eigenvalue weighted by Crippen LogP contribution is 2.18. The van der Waals surface area contributed by atoms with E-state index < -0.39 is 0 Å². The molecule has 108 valence electrons. The molecule has 1 saturated heterocycles. The fraction of sp³-hybridized carbons (Fsp3) is 0.250. The lowest BCUT2D eigenvalue weighted by Gasteiger charge is -2.12. The number of likely N-dealkylation sites (tertiary alicyclic amines) is 1. The largest absolute Gasteiger partial charge is 0.338 e. The maximum Gasteiger partial charge on any atom is 0.246 e. The van der Waals surface area contributed by atoms with Gasteiger partial charge in [-0.25, -0.2) is 4.98 Å². The molecule has 21 heavy (non-hydrogen) atoms. The molecule has 0 saturated carbocycles. The molecule has 1 fully saturated rings. The maximum absolute atomic E-state index is 12.0. The number of nitrogens with zero attached hydrogens (tertiary/aromatic N) is 2. The van der Waals surface area contributed by atoms with E-state index in [1.165, 1.54) is 0 Å². The molecule has 2 aromatic rings. The number of amides is 1. The normalized spacial score (nSPS) is 18.8. The first kappa shape index (κ1) is 14.0. The Morgan fingerprint density at radius 3 is 2.95 bits per heavy atom. The van der Waals surface area contributed by atoms with Crippen LogP contribution < -0.4 is 5.73 Å². The number of carbonyl (C=O) groups is 1. The van der Waals surface area contributed by atoms with E-state index in [1.807, 2.05) is 30.3 Å². The summed E-state index contributed by atoms with van der Waals surface area (Å²) in [7, 11) is 0. The van der Waals surface area contributed by atoms with Gasteiger partial charge in [0.25, 0.3) is 0 Å². The third kappa shape index (κ3) is 3.23. The minimum atomic E-state index is -0.0176. The Morgan fingerprint density at radius 1 is 1.38 bits per heavy atom. The number of fused-ring (bicyclic) bond motifs is 1. The van der Waals surface area contributed by atoms with Crippen molar-refractivity contribution in [2.24, 2.45) is 5.73 Å². The molecule has 1 atom stereocenters. The highest BCUT2D eigenvalue weighted by Gasteiger charge is 2.21. The smallest absolute Gasteiger partial charge is 0.246 e. The Morgan fingerprint density at radius 2 is 2.19 bits per heavy atom. The van der Waals surface area contributed by atoms with Gasteiger partial charge in [-0.15, -0.1) is 0 Å². The summed E-state index contributed by atoms with van der Waals surface area (Å²) < 4.78 is 0. The van der Waals surface area contributed by atoms with Crippen molar-refractivity contribution in [1.82, 2.24) is 9.88 Å². The van der Waals surface area contributed by atoms with Crippen LogP contribution in [0.4, 0.5) is 0 Å². The predicted octanol–water partition coefficient (Wildman–Crippen LogP) is 2.46. The summed E-state index contributed by atoms with van der Waals surface area (Å²) in [6.07, 6.45) is 4.15. The van der Waals surface area contributed by atoms with E-state index in [-0.39, 0.29) is 11.9 Å². The molecule has 0 radical (unpaired) electrons. The van der Waals surface area contributed by atoms with Gasteiger partial charge in [0.15, 0.2) is 0 Å². The highest BCUT2D eigenvalue weighted by molar-refractivity contribution is 6.31. The van der Waals surface area contributed by atoms with Crippen molar-refractivity contribution in [3.8, 4) is 0 Å². The maximum atomic E-state index is 12.0. The molecule has 3 rings (SSSR count). The van der Waals surface area contributed by atoms with E-state index in [2.05, 4.69) is 4.98 Å². The molecule has 2 heterocycles. The quantitative estimate of drug-likeness (QED) is 0.867. The van der Waals surface area contributed by atoms with Crippen molar-refractivity contribution in [2.45, 2.75) is 12.5 Å². The Hall–Kier alpha value is -1.91. The molecule has 5 heteroatoms. The molecular formula is C16H16ClN3O. The molecule has 0 aliphatic carbocycles. The van der Waals surface area contributed by atoms with Gasteiger partial charge >= 0.3 is 0 Å². The summed E-state index contributed by atoms with van der Waals surface area (Å²) in [6.45, 7) is 1.36. The zero-order valence-corrected chi connectivity index (χ0v) is 12.3. The van der Waals surface area contributed by atoms with Crippen LogP contribution in [0.2, 0.25) is 5.02 Å². The van der Waals surface area contributed by atoms with Gasteiger partial charge < -0.3 is 10.6 Å². The van der Waals surface area contributed by atoms with Gasteiger partial charge in [-0.1, -0.05) is 23.7 Å². The molecule has 1 amide bonds. The number of hydrogen-bond donors (Lipinski definition) is 1. The fourth-order valence-corrected chi connectivity index (χ4v) is 2.61. The monoisotopic (exact) mass is 301 g/mol. The first-order chi connectivity index (χ1) is 10.1. The molecule has 1 aliphatic heterocycles. The van der Waals surface area contributed by atoms with Crippen LogP contribution >= 0.6 is 11.6 Å². The minimum Gasteiger partial charge on any atom is -0.338 e. The molecule has 4 nitrogen and oxygen atoms in total. The van der Waals surface area contributed by atoms with Crippen LogP contribution in [-0.4, -0.2) is 34.9 Å². The van der Waals surface area contributed by atoms with E-state index in [1.54, 1.807) is 17.1 Å². The first-order valence-electron chi connectivity index (χ1n) is 6.91. The molecule has 0 spiro atoms. The van der Waals surface area contributed by atoms with Crippen LogP contribution in [-0.2, 0) is 4.79 Å². The van der Waals surface area contributed by atoms with Crippen molar-refractivity contribution < 1.29 is 4.79 Å². The SMILES string of the molecule is NC1CCN(C(=O)/C=C/c2ccc3ccc(Cl)cc3n2)C1. The van der Waals surface area contributed by atoms with Gasteiger partial charge in [0, 0.05) is 35.6 Å². The Bertz CT molecular complexity index is 714. The molecular weight excluding hydrogens is 286 g/mol. The van der Waals surface area contributed by atoms with Gasteiger partial charge in [-0.3, -0.25) is 4.79 Å². The minimum absolute atomic E-state index is 0.0176. The number of aromatic nitrogens is 1. The van der Waals surface area contributed by atoms with Crippen LogP contribution in [0.3, 0.4) is 0 Å². The second-order valence-corrected chi connectivity index (χ2v) is 5.68. The number of hydrogen-bond acceptors (Lipinski definition) is 3. The zero-order valence-electron chi connectivity index (χ0n) is 11.5. The van der Waals surface area contributed by atoms with Crippen molar-refractivity contribution in [1.29, 1.82) is 0 Å². The summed E-state index contributed by atoms with van der Waals surface area (Å²) in [5.41, 5.74) is 7.36. The van der Waals surface area contributed by atoms with E-state index in [0.29, 0.717) is 11.6 Å². The van der Waals surface area contributed by atoms with Crippen LogP contribution in [0.25, 0.3) is 17.0 Å². The summed E-state index contributed by atoms with van der Waals surface area (Å²) in [4.78, 5) is 18.3. The summed E-state index contributed by atoms with van der Waals surface area (Å²) >= 11 is 5.97. The van der Waals surface area contributed by atoms with Gasteiger partial charge in [0.1, 0.15) is 0 Å². The fourth-order valence-electron chi connectivity index (χ4n) is 2.45. The summed E-state index contributed by atoms with van der Waals surface area (Å²) in [6, 6.07) is 9.53. The third-order valence-electron chi connectivity index (χ3n) is 3.61. The van der Waals surface area contributed by atoms with Crippen LogP contribution in [0.1, 0.15) is 12.1 Å². The lowest BCUT2D eigenvalue weighted by molar-refractivity contribution is -0.124. The van der Waals surface area contributed by atoms with E-state index in [0.717, 1.165) is 29.6 Å². The zero-order chi connectivity index (χ0) is 14.8. The second kappa shape index (κ2) is 5.84. The molecule has 1 aliphatic rings. The first-order valence-corrected chi connectivity index (χ1v) is 7.28. The van der Waals surface area contributed by atoms with Crippen LogP contribution in [0.15, 0.2) is 36.4 Å². The Labute approximate surface area is 128 Å². The average molecular weight is 302 g/mol. The molecule has 2 N–H and O–H groups in total. The molecule has 0 bridgehead atoms. The number of halogens is 1. The number of pyridine rings is 1. The van der Waals surface area contributed by atoms with Crippen molar-refractivity contribution in [2.75, 3.05) is 13.1 Å². The van der Waals surface area contributed by atoms with Crippen molar-refractivity contribution >= 4 is 34.5 Å². The van der Waals surface area contributed by atoms with E-state index in [4.69, 9.17) is 17.3 Å². The second-order valence-electron chi connectivity index (χ2n) is 5.24. The number of nitrogens with two attached hydrogens (primary N) is 1. The standard InChI is InChI=1S/C16H16ClN3O/c17-12-3-1-11-2-4-14(19-15(11)9-12)5-6-16(21)20-8-7-13(18)10-20/h1-6,9,13H,7-8,10,18H2/b6-5+. The topological polar surface area (TPSA) is 59.2 Å². The Kier molecular flexibility index (Phi) is 3.90. The van der Waals surface area contributed by atoms with E-state index in [9.17, 15) is 4.79 Å². The predicted molar refractivity (Wildman–Crippen MR) is 85.0 cm³/mol. The summed E-state index contributed by atoms with van der Waals surface area (Å²) in [5.74, 6) is -0.0176. The van der Waals surface area contributed by atoms with E-state index >= 15 is 0 Å². The summed E-state index contributed by atoms with van der Waals surface area (Å²) in [5, 5.41) is 1.67. The molecule has 1 unspecified atom stereocenters. The number of benzene rings is 1. The number of carbonyl (C=O) groups excluding carboxylic acids is 1. The highest BCUT2D eigenvalue weighted by atomic mass is 35.5. The van der Waals surface area contributed by atoms with Gasteiger partial charge in [-0.2, -0.15) is 0 Å². The lowest BCUT2D eigenvalue weighted by atomic mass is 10.2. The lowest BCUT2D eigenvalue weighted by Crippen LogP contribution is -2.30. The van der Waals surface area contributed by atoms with Crippen LogP contribution in [0, 0.1) is 0 Å². The molecule has 1 aromatic carbocycles. The number of rotatable bonds is 2. The van der Waals surface area contributed by atoms with Crippen molar-refractivity contribution in [3.63, 3.8) is 0 Å². The van der Waals surface area contributed by atoms with Crippen molar-refractivity contribution in [3.05, 3.63) is 47.1 Å². The average Bonchev–Trinajstić information content (AvgIpc) is 2.91. The Balaban J connectivity index is 1.77.